The first-order chi connectivity index (χ1) is 7.49. The lowest BCUT2D eigenvalue weighted by Crippen LogP contribution is -2.38. The van der Waals surface area contributed by atoms with E-state index in [4.69, 9.17) is 9.47 Å². The number of alkyl halides is 3. The Balaban J connectivity index is 3.59. The van der Waals surface area contributed by atoms with Crippen molar-refractivity contribution in [3.63, 3.8) is 0 Å². The van der Waals surface area contributed by atoms with E-state index >= 15 is 0 Å². The van der Waals surface area contributed by atoms with Gasteiger partial charge in [-0.25, -0.2) is 0 Å². The van der Waals surface area contributed by atoms with E-state index in [2.05, 4.69) is 5.32 Å². The summed E-state index contributed by atoms with van der Waals surface area (Å²) in [5.74, 6) is 0. The van der Waals surface area contributed by atoms with Crippen molar-refractivity contribution in [2.45, 2.75) is 32.0 Å². The van der Waals surface area contributed by atoms with Crippen molar-refractivity contribution >= 4 is 0 Å². The molecule has 0 fully saturated rings. The Kier molecular flexibility index (Phi) is 8.60. The largest absolute Gasteiger partial charge is 0.391 e. The first-order valence-electron chi connectivity index (χ1n) is 5.36. The normalized spacial score (nSPS) is 14.1. The van der Waals surface area contributed by atoms with E-state index in [1.807, 2.05) is 6.92 Å². The smallest absolute Gasteiger partial charge is 0.383 e. The first kappa shape index (κ1) is 15.7. The van der Waals surface area contributed by atoms with Crippen LogP contribution in [-0.4, -0.2) is 45.7 Å². The van der Waals surface area contributed by atoms with Crippen molar-refractivity contribution in [1.82, 2.24) is 5.32 Å². The highest BCUT2D eigenvalue weighted by molar-refractivity contribution is 4.64. The van der Waals surface area contributed by atoms with Crippen molar-refractivity contribution in [1.29, 1.82) is 0 Å². The van der Waals surface area contributed by atoms with Crippen LogP contribution < -0.4 is 5.32 Å². The fourth-order valence-corrected chi connectivity index (χ4v) is 1.13. The summed E-state index contributed by atoms with van der Waals surface area (Å²) < 4.78 is 45.3. The molecule has 0 aliphatic heterocycles. The topological polar surface area (TPSA) is 30.5 Å². The number of halogens is 3. The van der Waals surface area contributed by atoms with Gasteiger partial charge in [-0.3, -0.25) is 0 Å². The number of nitrogens with one attached hydrogen (secondary N) is 1. The van der Waals surface area contributed by atoms with Gasteiger partial charge in [0.05, 0.1) is 32.3 Å². The lowest BCUT2D eigenvalue weighted by molar-refractivity contribution is -0.145. The fraction of sp³-hybridized carbons (Fsp3) is 1.00. The van der Waals surface area contributed by atoms with Gasteiger partial charge < -0.3 is 14.8 Å². The van der Waals surface area contributed by atoms with E-state index in [0.29, 0.717) is 6.61 Å². The van der Waals surface area contributed by atoms with Crippen LogP contribution in [0, 0.1) is 0 Å². The number of hydrogen-bond acceptors (Lipinski definition) is 3. The summed E-state index contributed by atoms with van der Waals surface area (Å²) in [6.07, 6.45) is -4.09. The van der Waals surface area contributed by atoms with Gasteiger partial charge in [-0.1, -0.05) is 6.92 Å². The minimum Gasteiger partial charge on any atom is -0.383 e. The van der Waals surface area contributed by atoms with Crippen LogP contribution in [0.4, 0.5) is 13.2 Å². The summed E-state index contributed by atoms with van der Waals surface area (Å²) in [4.78, 5) is 0. The molecule has 0 aliphatic carbocycles. The Morgan fingerprint density at radius 2 is 1.94 bits per heavy atom. The zero-order valence-corrected chi connectivity index (χ0v) is 9.77. The number of ether oxygens (including phenoxy) is 2. The Morgan fingerprint density at radius 3 is 2.44 bits per heavy atom. The third kappa shape index (κ3) is 10.2. The van der Waals surface area contributed by atoms with Gasteiger partial charge in [0.25, 0.3) is 0 Å². The molecule has 0 saturated heterocycles. The van der Waals surface area contributed by atoms with Crippen molar-refractivity contribution in [3.8, 4) is 0 Å². The summed E-state index contributed by atoms with van der Waals surface area (Å²) in [7, 11) is 1.55. The first-order valence-corrected chi connectivity index (χ1v) is 5.36. The minimum atomic E-state index is -4.15. The number of hydrogen-bond donors (Lipinski definition) is 1. The maximum absolute atomic E-state index is 11.8. The number of rotatable bonds is 9. The van der Waals surface area contributed by atoms with Crippen LogP contribution in [0.15, 0.2) is 0 Å². The van der Waals surface area contributed by atoms with Crippen LogP contribution in [0.5, 0.6) is 0 Å². The average molecular weight is 243 g/mol. The standard InChI is InChI=1S/C10H20F3NO2/c1-3-5-14-9(7-15-2)8-16-6-4-10(11,12)13/h9,14H,3-8H2,1-2H3. The monoisotopic (exact) mass is 243 g/mol. The molecule has 0 amide bonds. The molecule has 0 aromatic heterocycles. The van der Waals surface area contributed by atoms with Crippen LogP contribution >= 0.6 is 0 Å². The Morgan fingerprint density at radius 1 is 1.25 bits per heavy atom. The average Bonchev–Trinajstić information content (AvgIpc) is 2.19. The highest BCUT2D eigenvalue weighted by Crippen LogP contribution is 2.18. The summed E-state index contributed by atoms with van der Waals surface area (Å²) in [6.45, 7) is 3.20. The van der Waals surface area contributed by atoms with Crippen LogP contribution in [-0.2, 0) is 9.47 Å². The Bertz CT molecular complexity index is 165. The van der Waals surface area contributed by atoms with Crippen LogP contribution in [0.25, 0.3) is 0 Å². The van der Waals surface area contributed by atoms with E-state index in [0.717, 1.165) is 13.0 Å². The SMILES string of the molecule is CCCNC(COC)COCCC(F)(F)F. The highest BCUT2D eigenvalue weighted by atomic mass is 19.4. The second kappa shape index (κ2) is 8.78. The molecule has 0 aliphatic rings. The molecule has 16 heavy (non-hydrogen) atoms. The quantitative estimate of drug-likeness (QED) is 0.628. The molecule has 0 saturated carbocycles. The van der Waals surface area contributed by atoms with E-state index < -0.39 is 12.6 Å². The summed E-state index contributed by atoms with van der Waals surface area (Å²) in [5.41, 5.74) is 0. The van der Waals surface area contributed by atoms with Gasteiger partial charge in [-0.05, 0) is 13.0 Å². The van der Waals surface area contributed by atoms with Gasteiger partial charge in [0, 0.05) is 7.11 Å². The molecule has 0 rings (SSSR count). The fourth-order valence-electron chi connectivity index (χ4n) is 1.13. The molecule has 3 nitrogen and oxygen atoms in total. The molecular weight excluding hydrogens is 223 g/mol. The third-order valence-corrected chi connectivity index (χ3v) is 1.90. The van der Waals surface area contributed by atoms with E-state index in [9.17, 15) is 13.2 Å². The van der Waals surface area contributed by atoms with E-state index in [-0.39, 0.29) is 19.3 Å². The van der Waals surface area contributed by atoms with Gasteiger partial charge in [0.1, 0.15) is 0 Å². The second-order valence-electron chi connectivity index (χ2n) is 3.55. The molecule has 98 valence electrons. The third-order valence-electron chi connectivity index (χ3n) is 1.90. The molecule has 6 heteroatoms. The van der Waals surface area contributed by atoms with Gasteiger partial charge in [-0.15, -0.1) is 0 Å². The van der Waals surface area contributed by atoms with Crippen molar-refractivity contribution in [2.75, 3.05) is 33.5 Å². The Hall–Kier alpha value is -0.330. The molecule has 1 atom stereocenters. The molecule has 1 N–H and O–H groups in total. The van der Waals surface area contributed by atoms with Crippen molar-refractivity contribution < 1.29 is 22.6 Å². The van der Waals surface area contributed by atoms with Crippen molar-refractivity contribution in [2.24, 2.45) is 0 Å². The molecule has 0 spiro atoms. The van der Waals surface area contributed by atoms with Gasteiger partial charge in [0.2, 0.25) is 0 Å². The summed E-state index contributed by atoms with van der Waals surface area (Å²) in [5, 5.41) is 3.14. The zero-order chi connectivity index (χ0) is 12.4. The van der Waals surface area contributed by atoms with Crippen LogP contribution in [0.2, 0.25) is 0 Å². The molecule has 1 unspecified atom stereocenters. The summed E-state index contributed by atoms with van der Waals surface area (Å²) >= 11 is 0. The second-order valence-corrected chi connectivity index (χ2v) is 3.55. The van der Waals surface area contributed by atoms with Crippen molar-refractivity contribution in [3.05, 3.63) is 0 Å². The Labute approximate surface area is 94.3 Å². The number of methoxy groups -OCH3 is 1. The maximum Gasteiger partial charge on any atom is 0.391 e. The molecule has 0 aromatic rings. The lowest BCUT2D eigenvalue weighted by Gasteiger charge is -2.17. The van der Waals surface area contributed by atoms with Crippen LogP contribution in [0.3, 0.4) is 0 Å². The van der Waals surface area contributed by atoms with Gasteiger partial charge in [0.15, 0.2) is 0 Å². The summed E-state index contributed by atoms with van der Waals surface area (Å²) in [6, 6.07) is -0.0433. The lowest BCUT2D eigenvalue weighted by atomic mass is 10.3. The van der Waals surface area contributed by atoms with Gasteiger partial charge in [-0.2, -0.15) is 13.2 Å². The molecule has 0 aromatic carbocycles. The van der Waals surface area contributed by atoms with Gasteiger partial charge >= 0.3 is 6.18 Å². The molecule has 0 bridgehead atoms. The predicted molar refractivity (Wildman–Crippen MR) is 55.4 cm³/mol. The highest BCUT2D eigenvalue weighted by Gasteiger charge is 2.26. The zero-order valence-electron chi connectivity index (χ0n) is 9.77. The molecule has 0 heterocycles. The van der Waals surface area contributed by atoms with E-state index in [1.165, 1.54) is 0 Å². The van der Waals surface area contributed by atoms with Crippen LogP contribution in [0.1, 0.15) is 19.8 Å². The van der Waals surface area contributed by atoms with E-state index in [1.54, 1.807) is 7.11 Å². The molecule has 0 radical (unpaired) electrons. The predicted octanol–water partition coefficient (Wildman–Crippen LogP) is 1.97. The minimum absolute atomic E-state index is 0.0433. The maximum atomic E-state index is 11.8. The molecular formula is C10H20F3NO2.